The van der Waals surface area contributed by atoms with Gasteiger partial charge >= 0.3 is 0 Å². The molecular formula is C13H18N4O3. The molecule has 1 aliphatic carbocycles. The largest absolute Gasteiger partial charge is 0.340 e. The zero-order chi connectivity index (χ0) is 14.2. The smallest absolute Gasteiger partial charge is 0.249 e. The van der Waals surface area contributed by atoms with Gasteiger partial charge in [0.25, 0.3) is 0 Å². The van der Waals surface area contributed by atoms with Crippen LogP contribution in [-0.2, 0) is 16.1 Å². The van der Waals surface area contributed by atoms with Gasteiger partial charge in [-0.25, -0.2) is 0 Å². The van der Waals surface area contributed by atoms with Gasteiger partial charge in [-0.15, -0.1) is 0 Å². The topological polar surface area (TPSA) is 88.3 Å². The van der Waals surface area contributed by atoms with Crippen molar-refractivity contribution in [3.63, 3.8) is 0 Å². The summed E-state index contributed by atoms with van der Waals surface area (Å²) in [4.78, 5) is 30.2. The second-order valence-corrected chi connectivity index (χ2v) is 5.59. The summed E-state index contributed by atoms with van der Waals surface area (Å²) in [6.07, 6.45) is 4.50. The van der Waals surface area contributed by atoms with Crippen LogP contribution in [0.4, 0.5) is 0 Å². The van der Waals surface area contributed by atoms with Crippen LogP contribution in [0.3, 0.4) is 0 Å². The van der Waals surface area contributed by atoms with Gasteiger partial charge < -0.3 is 14.7 Å². The molecule has 1 saturated carbocycles. The van der Waals surface area contributed by atoms with E-state index in [0.717, 1.165) is 32.1 Å². The van der Waals surface area contributed by atoms with Gasteiger partial charge in [-0.3, -0.25) is 9.59 Å². The highest BCUT2D eigenvalue weighted by molar-refractivity contribution is 5.98. The Morgan fingerprint density at radius 1 is 1.30 bits per heavy atom. The van der Waals surface area contributed by atoms with E-state index in [2.05, 4.69) is 15.5 Å². The molecule has 0 unspecified atom stereocenters. The SMILES string of the molecule is Cc1noc(CN2CC(=O)NC3(CCCCC3)C2=O)n1. The number of piperazine rings is 1. The molecule has 3 rings (SSSR count). The quantitative estimate of drug-likeness (QED) is 0.853. The predicted octanol–water partition coefficient (Wildman–Crippen LogP) is 0.539. The van der Waals surface area contributed by atoms with Crippen molar-refractivity contribution in [2.24, 2.45) is 0 Å². The summed E-state index contributed by atoms with van der Waals surface area (Å²) < 4.78 is 5.04. The van der Waals surface area contributed by atoms with E-state index in [1.54, 1.807) is 6.92 Å². The summed E-state index contributed by atoms with van der Waals surface area (Å²) in [5, 5.41) is 6.61. The number of amides is 2. The summed E-state index contributed by atoms with van der Waals surface area (Å²) >= 11 is 0. The van der Waals surface area contributed by atoms with Crippen molar-refractivity contribution in [3.05, 3.63) is 11.7 Å². The third-order valence-electron chi connectivity index (χ3n) is 4.01. The molecule has 2 amide bonds. The predicted molar refractivity (Wildman–Crippen MR) is 68.4 cm³/mol. The van der Waals surface area contributed by atoms with Crippen LogP contribution in [0.2, 0.25) is 0 Å². The van der Waals surface area contributed by atoms with Gasteiger partial charge in [0.1, 0.15) is 18.6 Å². The minimum Gasteiger partial charge on any atom is -0.340 e. The fourth-order valence-corrected chi connectivity index (χ4v) is 3.10. The molecule has 1 saturated heterocycles. The maximum Gasteiger partial charge on any atom is 0.249 e. The highest BCUT2D eigenvalue weighted by Gasteiger charge is 2.47. The molecule has 1 spiro atoms. The van der Waals surface area contributed by atoms with Crippen molar-refractivity contribution in [1.82, 2.24) is 20.4 Å². The third kappa shape index (κ3) is 2.28. The van der Waals surface area contributed by atoms with E-state index < -0.39 is 5.54 Å². The minimum atomic E-state index is -0.706. The first-order valence-corrected chi connectivity index (χ1v) is 6.99. The summed E-state index contributed by atoms with van der Waals surface area (Å²) in [6.45, 7) is 1.98. The molecule has 2 fully saturated rings. The van der Waals surface area contributed by atoms with E-state index >= 15 is 0 Å². The number of rotatable bonds is 2. The van der Waals surface area contributed by atoms with Gasteiger partial charge in [-0.2, -0.15) is 4.98 Å². The molecule has 0 radical (unpaired) electrons. The Labute approximate surface area is 116 Å². The monoisotopic (exact) mass is 278 g/mol. The number of carbonyl (C=O) groups is 2. The molecule has 1 N–H and O–H groups in total. The number of nitrogens with zero attached hydrogens (tertiary/aromatic N) is 3. The van der Waals surface area contributed by atoms with Crippen molar-refractivity contribution in [3.8, 4) is 0 Å². The first-order chi connectivity index (χ1) is 9.59. The highest BCUT2D eigenvalue weighted by Crippen LogP contribution is 2.32. The zero-order valence-electron chi connectivity index (χ0n) is 11.5. The Hall–Kier alpha value is -1.92. The van der Waals surface area contributed by atoms with Gasteiger partial charge in [0.2, 0.25) is 17.7 Å². The van der Waals surface area contributed by atoms with Crippen molar-refractivity contribution in [1.29, 1.82) is 0 Å². The van der Waals surface area contributed by atoms with Gasteiger partial charge in [-0.1, -0.05) is 24.4 Å². The van der Waals surface area contributed by atoms with Gasteiger partial charge in [0.05, 0.1) is 0 Å². The van der Waals surface area contributed by atoms with Crippen LogP contribution in [-0.4, -0.2) is 38.9 Å². The van der Waals surface area contributed by atoms with Crippen molar-refractivity contribution in [2.75, 3.05) is 6.54 Å². The Kier molecular flexibility index (Phi) is 3.19. The summed E-state index contributed by atoms with van der Waals surface area (Å²) in [6, 6.07) is 0. The maximum atomic E-state index is 12.7. The molecular weight excluding hydrogens is 260 g/mol. The molecule has 1 aliphatic heterocycles. The van der Waals surface area contributed by atoms with Gasteiger partial charge in [0, 0.05) is 0 Å². The molecule has 0 atom stereocenters. The molecule has 108 valence electrons. The van der Waals surface area contributed by atoms with Crippen molar-refractivity contribution < 1.29 is 14.1 Å². The Bertz CT molecular complexity index is 533. The number of carbonyl (C=O) groups excluding carboxylic acids is 2. The Morgan fingerprint density at radius 3 is 2.70 bits per heavy atom. The average Bonchev–Trinajstić information content (AvgIpc) is 2.82. The van der Waals surface area contributed by atoms with Crippen LogP contribution >= 0.6 is 0 Å². The van der Waals surface area contributed by atoms with Gasteiger partial charge in [0.15, 0.2) is 5.82 Å². The molecule has 7 heteroatoms. The Balaban J connectivity index is 1.80. The maximum absolute atomic E-state index is 12.7. The van der Waals surface area contributed by atoms with E-state index in [1.807, 2.05) is 0 Å². The number of hydrogen-bond acceptors (Lipinski definition) is 5. The lowest BCUT2D eigenvalue weighted by atomic mass is 9.79. The third-order valence-corrected chi connectivity index (χ3v) is 4.01. The second-order valence-electron chi connectivity index (χ2n) is 5.59. The standard InChI is InChI=1S/C13H18N4O3/c1-9-14-11(20-16-9)8-17-7-10(18)15-13(12(17)19)5-3-2-4-6-13/h2-8H2,1H3,(H,15,18). The summed E-state index contributed by atoms with van der Waals surface area (Å²) in [5.74, 6) is 0.771. The average molecular weight is 278 g/mol. The number of hydrogen-bond donors (Lipinski definition) is 1. The minimum absolute atomic E-state index is 0.0207. The normalized spacial score (nSPS) is 22.1. The fourth-order valence-electron chi connectivity index (χ4n) is 3.10. The van der Waals surface area contributed by atoms with Gasteiger partial charge in [-0.05, 0) is 19.8 Å². The molecule has 2 heterocycles. The van der Waals surface area contributed by atoms with Crippen LogP contribution in [0.1, 0.15) is 43.8 Å². The second kappa shape index (κ2) is 4.88. The molecule has 7 nitrogen and oxygen atoms in total. The number of aromatic nitrogens is 2. The lowest BCUT2D eigenvalue weighted by Crippen LogP contribution is -2.66. The molecule has 20 heavy (non-hydrogen) atoms. The van der Waals surface area contributed by atoms with Crippen LogP contribution < -0.4 is 5.32 Å². The molecule has 0 aromatic carbocycles. The van der Waals surface area contributed by atoms with Crippen LogP contribution in [0.25, 0.3) is 0 Å². The number of aryl methyl sites for hydroxylation is 1. The van der Waals surface area contributed by atoms with E-state index in [9.17, 15) is 9.59 Å². The zero-order valence-corrected chi connectivity index (χ0v) is 11.5. The number of nitrogens with one attached hydrogen (secondary N) is 1. The fraction of sp³-hybridized carbons (Fsp3) is 0.692. The van der Waals surface area contributed by atoms with Crippen molar-refractivity contribution >= 4 is 11.8 Å². The van der Waals surface area contributed by atoms with E-state index in [-0.39, 0.29) is 24.9 Å². The molecule has 2 aliphatic rings. The van der Waals surface area contributed by atoms with Crippen LogP contribution in [0, 0.1) is 6.92 Å². The lowest BCUT2D eigenvalue weighted by Gasteiger charge is -2.43. The molecule has 1 aromatic rings. The van der Waals surface area contributed by atoms with E-state index in [1.165, 1.54) is 4.90 Å². The molecule has 1 aromatic heterocycles. The van der Waals surface area contributed by atoms with E-state index in [0.29, 0.717) is 11.7 Å². The molecule has 0 bridgehead atoms. The summed E-state index contributed by atoms with van der Waals surface area (Å²) in [7, 11) is 0. The summed E-state index contributed by atoms with van der Waals surface area (Å²) in [5.41, 5.74) is -0.706. The Morgan fingerprint density at radius 2 is 2.05 bits per heavy atom. The van der Waals surface area contributed by atoms with Crippen LogP contribution in [0.5, 0.6) is 0 Å². The van der Waals surface area contributed by atoms with Crippen LogP contribution in [0.15, 0.2) is 4.52 Å². The van der Waals surface area contributed by atoms with Crippen molar-refractivity contribution in [2.45, 2.75) is 51.1 Å². The first-order valence-electron chi connectivity index (χ1n) is 6.99. The lowest BCUT2D eigenvalue weighted by molar-refractivity contribution is -0.152. The first kappa shape index (κ1) is 13.1. The van der Waals surface area contributed by atoms with E-state index in [4.69, 9.17) is 4.52 Å². The highest BCUT2D eigenvalue weighted by atomic mass is 16.5.